The second-order valence-corrected chi connectivity index (χ2v) is 7.52. The maximum absolute atomic E-state index is 12.6. The Hall–Kier alpha value is -2.63. The predicted octanol–water partition coefficient (Wildman–Crippen LogP) is 3.76. The lowest BCUT2D eigenvalue weighted by molar-refractivity contribution is -0.128. The lowest BCUT2D eigenvalue weighted by atomic mass is 9.96. The topological polar surface area (TPSA) is 67.2 Å². The van der Waals surface area contributed by atoms with Crippen molar-refractivity contribution >= 4 is 17.6 Å². The number of aromatic nitrogens is 2. The van der Waals surface area contributed by atoms with Crippen molar-refractivity contribution in [3.8, 4) is 0 Å². The summed E-state index contributed by atoms with van der Waals surface area (Å²) in [6, 6.07) is 9.75. The van der Waals surface area contributed by atoms with E-state index in [4.69, 9.17) is 0 Å². The van der Waals surface area contributed by atoms with E-state index in [1.165, 1.54) is 19.3 Å². The first-order valence-corrected chi connectivity index (χ1v) is 9.92. The normalized spacial score (nSPS) is 18.1. The first kappa shape index (κ1) is 17.8. The molecule has 0 radical (unpaired) electrons. The van der Waals surface area contributed by atoms with Crippen LogP contribution < -0.4 is 5.32 Å². The predicted molar refractivity (Wildman–Crippen MR) is 103 cm³/mol. The molecule has 1 saturated heterocycles. The summed E-state index contributed by atoms with van der Waals surface area (Å²) in [6.07, 6.45) is 9.30. The lowest BCUT2D eigenvalue weighted by Crippen LogP contribution is -2.24. The maximum atomic E-state index is 12.6. The van der Waals surface area contributed by atoms with Crippen molar-refractivity contribution in [1.29, 1.82) is 0 Å². The van der Waals surface area contributed by atoms with Gasteiger partial charge in [-0.1, -0.05) is 31.4 Å². The molecule has 6 nitrogen and oxygen atoms in total. The Balaban J connectivity index is 1.40. The minimum Gasteiger partial charge on any atom is -0.338 e. The molecular weight excluding hydrogens is 340 g/mol. The molecule has 0 bridgehead atoms. The fraction of sp³-hybridized carbons (Fsp3) is 0.476. The van der Waals surface area contributed by atoms with Gasteiger partial charge in [-0.05, 0) is 37.0 Å². The standard InChI is InChI=1S/C21H26N4O2/c26-20-7-4-14-24(20)15-16-8-10-17(11-9-16)21(27)23-19-12-13-22-25(19)18-5-2-1-3-6-18/h8-13,18H,1-7,14-15H2,(H,23,27). The van der Waals surface area contributed by atoms with Gasteiger partial charge in [0.25, 0.3) is 5.91 Å². The monoisotopic (exact) mass is 366 g/mol. The number of rotatable bonds is 5. The van der Waals surface area contributed by atoms with Crippen LogP contribution >= 0.6 is 0 Å². The minimum atomic E-state index is -0.128. The average Bonchev–Trinajstić information content (AvgIpc) is 3.32. The summed E-state index contributed by atoms with van der Waals surface area (Å²) in [6.45, 7) is 1.45. The van der Waals surface area contributed by atoms with Gasteiger partial charge >= 0.3 is 0 Å². The largest absolute Gasteiger partial charge is 0.338 e. The molecule has 6 heteroatoms. The van der Waals surface area contributed by atoms with Crippen LogP contribution in [0.25, 0.3) is 0 Å². The van der Waals surface area contributed by atoms with E-state index in [2.05, 4.69) is 10.4 Å². The summed E-state index contributed by atoms with van der Waals surface area (Å²) in [5, 5.41) is 7.43. The molecule has 1 N–H and O–H groups in total. The van der Waals surface area contributed by atoms with Gasteiger partial charge in [0.15, 0.2) is 0 Å². The van der Waals surface area contributed by atoms with Crippen LogP contribution in [0.3, 0.4) is 0 Å². The number of carbonyl (C=O) groups excluding carboxylic acids is 2. The highest BCUT2D eigenvalue weighted by atomic mass is 16.2. The number of nitrogens with one attached hydrogen (secondary N) is 1. The summed E-state index contributed by atoms with van der Waals surface area (Å²) in [5.74, 6) is 0.850. The van der Waals surface area contributed by atoms with Crippen molar-refractivity contribution in [3.05, 3.63) is 47.7 Å². The molecule has 1 saturated carbocycles. The molecule has 1 aromatic carbocycles. The molecule has 2 aliphatic rings. The molecule has 0 spiro atoms. The van der Waals surface area contributed by atoms with E-state index in [1.807, 2.05) is 39.9 Å². The molecule has 2 aromatic rings. The third kappa shape index (κ3) is 4.04. The lowest BCUT2D eigenvalue weighted by Gasteiger charge is -2.23. The fourth-order valence-corrected chi connectivity index (χ4v) is 4.07. The van der Waals surface area contributed by atoms with Crippen LogP contribution in [0.4, 0.5) is 5.82 Å². The first-order valence-electron chi connectivity index (χ1n) is 9.92. The van der Waals surface area contributed by atoms with E-state index in [0.29, 0.717) is 24.6 Å². The van der Waals surface area contributed by atoms with Gasteiger partial charge in [0.1, 0.15) is 5.82 Å². The summed E-state index contributed by atoms with van der Waals surface area (Å²) in [4.78, 5) is 26.3. The first-order chi connectivity index (χ1) is 13.2. The van der Waals surface area contributed by atoms with Crippen LogP contribution in [0.2, 0.25) is 0 Å². The zero-order valence-corrected chi connectivity index (χ0v) is 15.6. The molecule has 2 amide bonds. The summed E-state index contributed by atoms with van der Waals surface area (Å²) < 4.78 is 1.96. The summed E-state index contributed by atoms with van der Waals surface area (Å²) in [7, 11) is 0. The van der Waals surface area contributed by atoms with Crippen LogP contribution in [0.1, 0.15) is 66.9 Å². The zero-order chi connectivity index (χ0) is 18.6. The van der Waals surface area contributed by atoms with Crippen LogP contribution in [0.5, 0.6) is 0 Å². The Labute approximate surface area is 159 Å². The van der Waals surface area contributed by atoms with Crippen molar-refractivity contribution in [2.45, 2.75) is 57.5 Å². The van der Waals surface area contributed by atoms with Crippen LogP contribution in [-0.4, -0.2) is 33.0 Å². The van der Waals surface area contributed by atoms with Gasteiger partial charge in [-0.3, -0.25) is 9.59 Å². The Morgan fingerprint density at radius 3 is 2.56 bits per heavy atom. The van der Waals surface area contributed by atoms with Crippen molar-refractivity contribution in [2.75, 3.05) is 11.9 Å². The van der Waals surface area contributed by atoms with Gasteiger partial charge in [-0.15, -0.1) is 0 Å². The van der Waals surface area contributed by atoms with E-state index >= 15 is 0 Å². The number of amides is 2. The van der Waals surface area contributed by atoms with Gasteiger partial charge in [0, 0.05) is 31.1 Å². The van der Waals surface area contributed by atoms with E-state index in [9.17, 15) is 9.59 Å². The molecule has 2 heterocycles. The molecule has 1 aliphatic heterocycles. The molecule has 0 atom stereocenters. The van der Waals surface area contributed by atoms with E-state index < -0.39 is 0 Å². The summed E-state index contributed by atoms with van der Waals surface area (Å²) >= 11 is 0. The second-order valence-electron chi connectivity index (χ2n) is 7.52. The summed E-state index contributed by atoms with van der Waals surface area (Å²) in [5.41, 5.74) is 1.66. The van der Waals surface area contributed by atoms with Crippen LogP contribution in [0.15, 0.2) is 36.5 Å². The van der Waals surface area contributed by atoms with Gasteiger partial charge in [0.05, 0.1) is 12.2 Å². The second kappa shape index (κ2) is 7.94. The number of likely N-dealkylation sites (tertiary alicyclic amines) is 1. The van der Waals surface area contributed by atoms with Crippen molar-refractivity contribution in [3.63, 3.8) is 0 Å². The molecule has 1 aromatic heterocycles. The molecule has 2 fully saturated rings. The SMILES string of the molecule is O=C(Nc1ccnn1C1CCCCC1)c1ccc(CN2CCCC2=O)cc1. The number of hydrogen-bond acceptors (Lipinski definition) is 3. The average molecular weight is 366 g/mol. The van der Waals surface area contributed by atoms with Gasteiger partial charge < -0.3 is 10.2 Å². The molecule has 4 rings (SSSR count). The number of carbonyl (C=O) groups is 2. The molecule has 1 aliphatic carbocycles. The highest BCUT2D eigenvalue weighted by Gasteiger charge is 2.21. The van der Waals surface area contributed by atoms with Crippen LogP contribution in [-0.2, 0) is 11.3 Å². The van der Waals surface area contributed by atoms with Gasteiger partial charge in [0.2, 0.25) is 5.91 Å². The minimum absolute atomic E-state index is 0.128. The number of nitrogens with zero attached hydrogens (tertiary/aromatic N) is 3. The highest BCUT2D eigenvalue weighted by molar-refractivity contribution is 6.03. The zero-order valence-electron chi connectivity index (χ0n) is 15.6. The Kier molecular flexibility index (Phi) is 5.23. The smallest absolute Gasteiger partial charge is 0.256 e. The van der Waals surface area contributed by atoms with Crippen molar-refractivity contribution in [1.82, 2.24) is 14.7 Å². The van der Waals surface area contributed by atoms with E-state index in [0.717, 1.165) is 37.2 Å². The third-order valence-electron chi connectivity index (χ3n) is 5.59. The number of anilines is 1. The van der Waals surface area contributed by atoms with Gasteiger partial charge in [-0.25, -0.2) is 4.68 Å². The van der Waals surface area contributed by atoms with Gasteiger partial charge in [-0.2, -0.15) is 5.10 Å². The molecule has 142 valence electrons. The Morgan fingerprint density at radius 1 is 1.07 bits per heavy atom. The Bertz CT molecular complexity index is 806. The third-order valence-corrected chi connectivity index (χ3v) is 5.59. The van der Waals surface area contributed by atoms with Crippen molar-refractivity contribution in [2.24, 2.45) is 0 Å². The van der Waals surface area contributed by atoms with E-state index in [-0.39, 0.29) is 11.8 Å². The highest BCUT2D eigenvalue weighted by Crippen LogP contribution is 2.30. The molecule has 0 unspecified atom stereocenters. The van der Waals surface area contributed by atoms with Crippen LogP contribution in [0, 0.1) is 0 Å². The van der Waals surface area contributed by atoms with E-state index in [1.54, 1.807) is 6.20 Å². The maximum Gasteiger partial charge on any atom is 0.256 e. The quantitative estimate of drug-likeness (QED) is 0.876. The molecule has 27 heavy (non-hydrogen) atoms. The molecular formula is C21H26N4O2. The number of benzene rings is 1. The van der Waals surface area contributed by atoms with Crippen molar-refractivity contribution < 1.29 is 9.59 Å². The Morgan fingerprint density at radius 2 is 1.85 bits per heavy atom. The fourth-order valence-electron chi connectivity index (χ4n) is 4.07. The number of hydrogen-bond donors (Lipinski definition) is 1.